The Morgan fingerprint density at radius 2 is 1.45 bits per heavy atom. The Bertz CT molecular complexity index is 844. The Labute approximate surface area is 190 Å². The predicted molar refractivity (Wildman–Crippen MR) is 116 cm³/mol. The van der Waals surface area contributed by atoms with Crippen LogP contribution >= 0.6 is 0 Å². The molecule has 12 heteroatoms. The summed E-state index contributed by atoms with van der Waals surface area (Å²) in [4.78, 5) is 59.8. The average molecular weight is 466 g/mol. The van der Waals surface area contributed by atoms with Gasteiger partial charge in [-0.1, -0.05) is 30.3 Å². The minimum Gasteiger partial charge on any atom is -0.481 e. The molecule has 0 spiro atoms. The maximum Gasteiger partial charge on any atom is 0.326 e. The first-order chi connectivity index (χ1) is 15.4. The standard InChI is InChI=1S/C21H30N4O8/c1-11(22)18(29)25-17(12(2)26)20(31)24-15(10-13-6-4-3-5-7-13)19(30)23-14(21(32)33)8-9-16(27)28/h3-7,11-12,14-15,17,26H,8-10,22H2,1-2H3,(H,23,30)(H,24,31)(H,25,29)(H,27,28)(H,32,33). The number of carbonyl (C=O) groups is 5. The summed E-state index contributed by atoms with van der Waals surface area (Å²) in [5.41, 5.74) is 6.12. The van der Waals surface area contributed by atoms with E-state index in [0.717, 1.165) is 0 Å². The Morgan fingerprint density at radius 3 is 1.94 bits per heavy atom. The van der Waals surface area contributed by atoms with Crippen molar-refractivity contribution in [2.24, 2.45) is 5.73 Å². The first-order valence-corrected chi connectivity index (χ1v) is 10.3. The van der Waals surface area contributed by atoms with E-state index in [1.807, 2.05) is 0 Å². The van der Waals surface area contributed by atoms with E-state index in [2.05, 4.69) is 16.0 Å². The minimum absolute atomic E-state index is 0.0303. The zero-order valence-corrected chi connectivity index (χ0v) is 18.4. The van der Waals surface area contributed by atoms with Crippen molar-refractivity contribution in [1.29, 1.82) is 0 Å². The van der Waals surface area contributed by atoms with Crippen LogP contribution in [0.1, 0.15) is 32.3 Å². The van der Waals surface area contributed by atoms with Crippen LogP contribution in [0.2, 0.25) is 0 Å². The molecule has 3 amide bonds. The second kappa shape index (κ2) is 13.1. The van der Waals surface area contributed by atoms with Gasteiger partial charge in [0.2, 0.25) is 17.7 Å². The Balaban J connectivity index is 3.08. The summed E-state index contributed by atoms with van der Waals surface area (Å²) < 4.78 is 0. The zero-order chi connectivity index (χ0) is 25.1. The molecule has 0 aromatic heterocycles. The quantitative estimate of drug-likeness (QED) is 0.178. The molecule has 0 fully saturated rings. The van der Waals surface area contributed by atoms with Crippen molar-refractivity contribution in [3.63, 3.8) is 0 Å². The van der Waals surface area contributed by atoms with Crippen LogP contribution in [0.4, 0.5) is 0 Å². The van der Waals surface area contributed by atoms with Gasteiger partial charge < -0.3 is 37.0 Å². The second-order valence-corrected chi connectivity index (χ2v) is 7.60. The molecule has 33 heavy (non-hydrogen) atoms. The molecule has 0 saturated heterocycles. The predicted octanol–water partition coefficient (Wildman–Crippen LogP) is -1.64. The fraction of sp³-hybridized carbons (Fsp3) is 0.476. The number of rotatable bonds is 13. The second-order valence-electron chi connectivity index (χ2n) is 7.60. The lowest BCUT2D eigenvalue weighted by atomic mass is 10.0. The van der Waals surface area contributed by atoms with E-state index in [0.29, 0.717) is 5.56 Å². The number of benzene rings is 1. The van der Waals surface area contributed by atoms with Gasteiger partial charge in [-0.05, 0) is 25.8 Å². The maximum atomic E-state index is 12.9. The molecule has 1 aromatic rings. The van der Waals surface area contributed by atoms with Crippen LogP contribution in [-0.4, -0.2) is 75.3 Å². The number of aliphatic carboxylic acids is 2. The van der Waals surface area contributed by atoms with Gasteiger partial charge in [-0.2, -0.15) is 0 Å². The number of aliphatic hydroxyl groups excluding tert-OH is 1. The third kappa shape index (κ3) is 9.66. The molecule has 0 aliphatic heterocycles. The topological polar surface area (TPSA) is 208 Å². The number of carbonyl (C=O) groups excluding carboxylic acids is 3. The van der Waals surface area contributed by atoms with Crippen molar-refractivity contribution in [2.45, 2.75) is 63.4 Å². The third-order valence-electron chi connectivity index (χ3n) is 4.65. The van der Waals surface area contributed by atoms with Crippen molar-refractivity contribution >= 4 is 29.7 Å². The van der Waals surface area contributed by atoms with Gasteiger partial charge in [0.05, 0.1) is 12.1 Å². The summed E-state index contributed by atoms with van der Waals surface area (Å²) in [5, 5.41) is 35.0. The smallest absolute Gasteiger partial charge is 0.326 e. The van der Waals surface area contributed by atoms with Gasteiger partial charge in [-0.15, -0.1) is 0 Å². The van der Waals surface area contributed by atoms with Crippen molar-refractivity contribution in [3.8, 4) is 0 Å². The lowest BCUT2D eigenvalue weighted by molar-refractivity contribution is -0.143. The molecule has 0 saturated carbocycles. The molecule has 0 heterocycles. The van der Waals surface area contributed by atoms with Gasteiger partial charge in [-0.3, -0.25) is 19.2 Å². The molecule has 5 unspecified atom stereocenters. The number of carboxylic acid groups (broad SMARTS) is 2. The Hall–Kier alpha value is -3.51. The van der Waals surface area contributed by atoms with Gasteiger partial charge in [0.25, 0.3) is 0 Å². The molecule has 0 aliphatic rings. The average Bonchev–Trinajstić information content (AvgIpc) is 2.73. The van der Waals surface area contributed by atoms with Crippen LogP contribution in [0.25, 0.3) is 0 Å². The number of nitrogens with two attached hydrogens (primary N) is 1. The summed E-state index contributed by atoms with van der Waals surface area (Å²) in [6.45, 7) is 2.66. The molecular formula is C21H30N4O8. The number of nitrogens with one attached hydrogen (secondary N) is 3. The monoisotopic (exact) mass is 466 g/mol. The molecule has 0 bridgehead atoms. The lowest BCUT2D eigenvalue weighted by Gasteiger charge is -2.26. The maximum absolute atomic E-state index is 12.9. The number of aliphatic hydroxyl groups is 1. The van der Waals surface area contributed by atoms with Crippen LogP contribution in [0.3, 0.4) is 0 Å². The first kappa shape index (κ1) is 27.5. The highest BCUT2D eigenvalue weighted by Gasteiger charge is 2.32. The number of hydrogen-bond acceptors (Lipinski definition) is 7. The molecular weight excluding hydrogens is 436 g/mol. The van der Waals surface area contributed by atoms with Crippen LogP contribution < -0.4 is 21.7 Å². The molecule has 182 valence electrons. The van der Waals surface area contributed by atoms with Gasteiger partial charge in [0.1, 0.15) is 18.1 Å². The summed E-state index contributed by atoms with van der Waals surface area (Å²) >= 11 is 0. The van der Waals surface area contributed by atoms with Crippen molar-refractivity contribution in [1.82, 2.24) is 16.0 Å². The van der Waals surface area contributed by atoms with Gasteiger partial charge >= 0.3 is 11.9 Å². The first-order valence-electron chi connectivity index (χ1n) is 10.3. The summed E-state index contributed by atoms with van der Waals surface area (Å²) in [6.07, 6.45) is -2.20. The van der Waals surface area contributed by atoms with E-state index in [9.17, 15) is 34.2 Å². The molecule has 0 aliphatic carbocycles. The summed E-state index contributed by atoms with van der Waals surface area (Å²) in [7, 11) is 0. The van der Waals surface area contributed by atoms with Crippen LogP contribution in [0.15, 0.2) is 30.3 Å². The van der Waals surface area contributed by atoms with E-state index < -0.39 is 66.4 Å². The minimum atomic E-state index is -1.49. The van der Waals surface area contributed by atoms with Crippen molar-refractivity contribution in [2.75, 3.05) is 0 Å². The summed E-state index contributed by atoms with van der Waals surface area (Å²) in [5.74, 6) is -5.10. The van der Waals surface area contributed by atoms with Crippen LogP contribution in [-0.2, 0) is 30.4 Å². The highest BCUT2D eigenvalue weighted by molar-refractivity contribution is 5.94. The van der Waals surface area contributed by atoms with E-state index >= 15 is 0 Å². The fourth-order valence-electron chi connectivity index (χ4n) is 2.81. The number of amides is 3. The van der Waals surface area contributed by atoms with Crippen LogP contribution in [0, 0.1) is 0 Å². The van der Waals surface area contributed by atoms with Crippen molar-refractivity contribution in [3.05, 3.63) is 35.9 Å². The fourth-order valence-corrected chi connectivity index (χ4v) is 2.81. The lowest BCUT2D eigenvalue weighted by Crippen LogP contribution is -2.60. The van der Waals surface area contributed by atoms with E-state index in [4.69, 9.17) is 10.8 Å². The van der Waals surface area contributed by atoms with Crippen LogP contribution in [0.5, 0.6) is 0 Å². The number of hydrogen-bond donors (Lipinski definition) is 7. The normalized spacial score (nSPS) is 15.3. The van der Waals surface area contributed by atoms with Gasteiger partial charge in [0.15, 0.2) is 0 Å². The molecule has 12 nitrogen and oxygen atoms in total. The Kier molecular flexibility index (Phi) is 11.0. The molecule has 1 rings (SSSR count). The highest BCUT2D eigenvalue weighted by Crippen LogP contribution is 2.07. The molecule has 8 N–H and O–H groups in total. The van der Waals surface area contributed by atoms with Crippen molar-refractivity contribution < 1.29 is 39.3 Å². The zero-order valence-electron chi connectivity index (χ0n) is 18.4. The Morgan fingerprint density at radius 1 is 0.879 bits per heavy atom. The SMILES string of the molecule is CC(N)C(=O)NC(C(=O)NC(Cc1ccccc1)C(=O)NC(CCC(=O)O)C(=O)O)C(C)O. The third-order valence-corrected chi connectivity index (χ3v) is 4.65. The number of carboxylic acids is 2. The van der Waals surface area contributed by atoms with E-state index in [1.54, 1.807) is 30.3 Å². The van der Waals surface area contributed by atoms with Gasteiger partial charge in [-0.25, -0.2) is 4.79 Å². The highest BCUT2D eigenvalue weighted by atomic mass is 16.4. The largest absolute Gasteiger partial charge is 0.481 e. The summed E-state index contributed by atoms with van der Waals surface area (Å²) in [6, 6.07) is 3.40. The van der Waals surface area contributed by atoms with E-state index in [-0.39, 0.29) is 12.8 Å². The molecule has 1 aromatic carbocycles. The van der Waals surface area contributed by atoms with E-state index in [1.165, 1.54) is 13.8 Å². The molecule has 0 radical (unpaired) electrons. The molecule has 5 atom stereocenters. The van der Waals surface area contributed by atoms with Gasteiger partial charge in [0, 0.05) is 12.8 Å².